The second kappa shape index (κ2) is 4.10. The van der Waals surface area contributed by atoms with Crippen molar-refractivity contribution in [3.05, 3.63) is 19.7 Å². The van der Waals surface area contributed by atoms with E-state index in [9.17, 15) is 0 Å². The van der Waals surface area contributed by atoms with Gasteiger partial charge in [-0.15, -0.1) is 0 Å². The van der Waals surface area contributed by atoms with E-state index in [1.54, 1.807) is 3.52 Å². The first-order chi connectivity index (χ1) is 2.89. The van der Waals surface area contributed by atoms with Crippen LogP contribution in [0.4, 0.5) is 0 Å². The molecule has 1 aliphatic heterocycles. The van der Waals surface area contributed by atoms with E-state index >= 15 is 0 Å². The Morgan fingerprint density at radius 2 is 2.29 bits per heavy atom. The third-order valence-electron chi connectivity index (χ3n) is 0.702. The maximum atomic E-state index is 2.31. The molecule has 0 spiro atoms. The van der Waals surface area contributed by atoms with E-state index in [4.69, 9.17) is 0 Å². The van der Waals surface area contributed by atoms with Gasteiger partial charge in [-0.25, -0.2) is 0 Å². The molecule has 1 radical (unpaired) electrons. The zero-order chi connectivity index (χ0) is 4.41. The van der Waals surface area contributed by atoms with Gasteiger partial charge in [-0.3, -0.25) is 0 Å². The SMILES string of the molecule is C[C]1=CC=[CH][Sb]1.[Zr]. The van der Waals surface area contributed by atoms with Crippen LogP contribution >= 0.6 is 0 Å². The summed E-state index contributed by atoms with van der Waals surface area (Å²) in [5.41, 5.74) is 0. The third-order valence-corrected chi connectivity index (χ3v) is 3.21. The van der Waals surface area contributed by atoms with Crippen molar-refractivity contribution in [1.82, 2.24) is 0 Å². The van der Waals surface area contributed by atoms with Crippen LogP contribution in [0.2, 0.25) is 0 Å². The minimum atomic E-state index is 0. The Morgan fingerprint density at radius 1 is 1.57 bits per heavy atom. The zero-order valence-corrected chi connectivity index (χ0v) is 9.19. The molecule has 2 heteroatoms. The van der Waals surface area contributed by atoms with Gasteiger partial charge in [0.2, 0.25) is 0 Å². The normalized spacial score (nSPS) is 15.9. The van der Waals surface area contributed by atoms with Gasteiger partial charge in [-0.05, 0) is 0 Å². The summed E-state index contributed by atoms with van der Waals surface area (Å²) in [6, 6.07) is 0. The molecule has 0 amide bonds. The summed E-state index contributed by atoms with van der Waals surface area (Å²) in [6.07, 6.45) is 4.36. The van der Waals surface area contributed by atoms with Crippen LogP contribution in [0.5, 0.6) is 0 Å². The van der Waals surface area contributed by atoms with Crippen LogP contribution in [0.15, 0.2) is 19.7 Å². The Balaban J connectivity index is 0.000000360. The van der Waals surface area contributed by atoms with Gasteiger partial charge in [0.1, 0.15) is 0 Å². The minimum Gasteiger partial charge on any atom is 0 e. The van der Waals surface area contributed by atoms with Crippen LogP contribution in [0.25, 0.3) is 0 Å². The number of allylic oxidation sites excluding steroid dienone is 3. The summed E-state index contributed by atoms with van der Waals surface area (Å²) in [4.78, 5) is 0. The fraction of sp³-hybridized carbons (Fsp3) is 0.200. The molecule has 0 aliphatic carbocycles. The molecule has 0 aromatic rings. The molecule has 7 heavy (non-hydrogen) atoms. The predicted octanol–water partition coefficient (Wildman–Crippen LogP) is 1.12. The Hall–Kier alpha value is 1.18. The molecule has 35 valence electrons. The Morgan fingerprint density at radius 3 is 2.43 bits per heavy atom. The van der Waals surface area contributed by atoms with Crippen molar-refractivity contribution in [3.63, 3.8) is 0 Å². The zero-order valence-electron chi connectivity index (χ0n) is 4.18. The van der Waals surface area contributed by atoms with Gasteiger partial charge in [-0.2, -0.15) is 0 Å². The molecule has 1 rings (SSSR count). The number of hydrogen-bond donors (Lipinski definition) is 0. The third kappa shape index (κ3) is 2.88. The van der Waals surface area contributed by atoms with Gasteiger partial charge in [0.05, 0.1) is 0 Å². The van der Waals surface area contributed by atoms with E-state index in [0.29, 0.717) is 0 Å². The summed E-state index contributed by atoms with van der Waals surface area (Å²) < 4.78 is 3.93. The molecule has 0 aromatic heterocycles. The van der Waals surface area contributed by atoms with Crippen LogP contribution < -0.4 is 0 Å². The first-order valence-electron chi connectivity index (χ1n) is 1.94. The fourth-order valence-corrected chi connectivity index (χ4v) is 2.04. The molecule has 1 aliphatic rings. The molecular weight excluding hydrogens is 273 g/mol. The smallest absolute Gasteiger partial charge is 0 e. The average Bonchev–Trinajstić information content (AvgIpc) is 1.86. The van der Waals surface area contributed by atoms with E-state index in [1.165, 1.54) is 0 Å². The molecule has 0 N–H and O–H groups in total. The van der Waals surface area contributed by atoms with Gasteiger partial charge >= 0.3 is 48.2 Å². The predicted molar refractivity (Wildman–Crippen MR) is 28.7 cm³/mol. The van der Waals surface area contributed by atoms with Crippen LogP contribution in [0.3, 0.4) is 0 Å². The van der Waals surface area contributed by atoms with Gasteiger partial charge in [0.15, 0.2) is 0 Å². The quantitative estimate of drug-likeness (QED) is 0.583. The van der Waals surface area contributed by atoms with Crippen molar-refractivity contribution in [1.29, 1.82) is 0 Å². The van der Waals surface area contributed by atoms with Crippen molar-refractivity contribution >= 4 is 21.6 Å². The first-order valence-corrected chi connectivity index (χ1v) is 4.69. The number of rotatable bonds is 0. The molecule has 0 bridgehead atoms. The van der Waals surface area contributed by atoms with Crippen LogP contribution in [0, 0.1) is 0 Å². The molecule has 0 unspecified atom stereocenters. The van der Waals surface area contributed by atoms with Gasteiger partial charge in [-0.1, -0.05) is 0 Å². The Bertz CT molecular complexity index is 105. The maximum absolute atomic E-state index is 2.31. The number of hydrogen-bond acceptors (Lipinski definition) is 0. The van der Waals surface area contributed by atoms with E-state index < -0.39 is 0 Å². The Kier molecular flexibility index (Phi) is 4.79. The summed E-state index contributed by atoms with van der Waals surface area (Å²) >= 11 is 0.0667. The second-order valence-corrected chi connectivity index (χ2v) is 4.88. The minimum absolute atomic E-state index is 0. The van der Waals surface area contributed by atoms with Crippen LogP contribution in [-0.2, 0) is 26.2 Å². The monoisotopic (exact) mass is 277 g/mol. The van der Waals surface area contributed by atoms with Gasteiger partial charge in [0.25, 0.3) is 0 Å². The van der Waals surface area contributed by atoms with Crippen molar-refractivity contribution in [2.24, 2.45) is 0 Å². The molecule has 0 saturated heterocycles. The van der Waals surface area contributed by atoms with Crippen molar-refractivity contribution in [2.75, 3.05) is 0 Å². The molecule has 0 nitrogen and oxygen atoms in total. The van der Waals surface area contributed by atoms with Crippen molar-refractivity contribution < 1.29 is 26.2 Å². The summed E-state index contributed by atoms with van der Waals surface area (Å²) in [6.45, 7) is 2.21. The topological polar surface area (TPSA) is 0 Å². The largest absolute Gasteiger partial charge is 0 e. The maximum Gasteiger partial charge on any atom is 0 e. The summed E-state index contributed by atoms with van der Waals surface area (Å²) in [5.74, 6) is 0. The van der Waals surface area contributed by atoms with E-state index in [0.717, 1.165) is 0 Å². The molecule has 0 atom stereocenters. The van der Waals surface area contributed by atoms with Crippen molar-refractivity contribution in [3.8, 4) is 0 Å². The standard InChI is InChI=1S/C5H6.Sb.Zr/c1-3-5-4-2;;/h1,3,5H,2H3;;. The van der Waals surface area contributed by atoms with Crippen molar-refractivity contribution in [2.45, 2.75) is 6.92 Å². The molecular formula is C5H6SbZr. The first kappa shape index (κ1) is 8.18. The van der Waals surface area contributed by atoms with E-state index in [2.05, 4.69) is 23.1 Å². The average molecular weight is 279 g/mol. The van der Waals surface area contributed by atoms with Crippen LogP contribution in [-0.4, -0.2) is 21.6 Å². The molecule has 0 saturated carbocycles. The molecule has 0 aromatic carbocycles. The Labute approximate surface area is 73.7 Å². The van der Waals surface area contributed by atoms with Crippen LogP contribution in [0.1, 0.15) is 6.92 Å². The molecule has 0 fully saturated rings. The van der Waals surface area contributed by atoms with Gasteiger partial charge < -0.3 is 0 Å². The fourth-order valence-electron chi connectivity index (χ4n) is 0.386. The molecule has 1 heterocycles. The second-order valence-electron chi connectivity index (χ2n) is 1.28. The summed E-state index contributed by atoms with van der Waals surface area (Å²) in [5, 5.41) is 0. The van der Waals surface area contributed by atoms with E-state index in [-0.39, 0.29) is 47.8 Å². The van der Waals surface area contributed by atoms with E-state index in [1.807, 2.05) is 0 Å². The van der Waals surface area contributed by atoms with Gasteiger partial charge in [0, 0.05) is 26.2 Å². The summed E-state index contributed by atoms with van der Waals surface area (Å²) in [7, 11) is 0.